The van der Waals surface area contributed by atoms with Crippen LogP contribution in [0.25, 0.3) is 0 Å². The summed E-state index contributed by atoms with van der Waals surface area (Å²) in [5.74, 6) is -2.74. The molecule has 6 heterocycles. The van der Waals surface area contributed by atoms with Gasteiger partial charge in [-0.3, -0.25) is 19.3 Å². The molecule has 39 heavy (non-hydrogen) atoms. The monoisotopic (exact) mass is 576 g/mol. The van der Waals surface area contributed by atoms with Crippen LogP contribution >= 0.6 is 23.3 Å². The molecule has 6 rings (SSSR count). The molecule has 16 heteroatoms. The zero-order valence-electron chi connectivity index (χ0n) is 21.1. The number of allylic oxidation sites excluding steroid dienone is 1. The molecule has 0 spiro atoms. The van der Waals surface area contributed by atoms with Gasteiger partial charge in [-0.05, 0) is 11.6 Å². The van der Waals surface area contributed by atoms with Crippen molar-refractivity contribution < 1.29 is 33.6 Å². The van der Waals surface area contributed by atoms with Crippen molar-refractivity contribution in [2.45, 2.75) is 30.7 Å². The van der Waals surface area contributed by atoms with Crippen LogP contribution in [0.3, 0.4) is 0 Å². The van der Waals surface area contributed by atoms with Crippen molar-refractivity contribution in [3.8, 4) is 0 Å². The third-order valence-corrected chi connectivity index (χ3v) is 9.90. The average molecular weight is 577 g/mol. The molecule has 0 unspecified atom stereocenters. The molecule has 5 N–H and O–H groups in total. The molecule has 0 aliphatic carbocycles. The largest absolute Gasteiger partial charge is 0.543 e. The molecule has 5 aliphatic heterocycles. The number of quaternary nitrogens is 1. The number of nitrogens with zero attached hydrogens (tertiary/aromatic N) is 5. The predicted octanol–water partition coefficient (Wildman–Crippen LogP) is -2.08. The number of piperidine rings is 3. The highest BCUT2D eigenvalue weighted by atomic mass is 32.2. The number of carboxylic acids is 1. The van der Waals surface area contributed by atoms with Crippen LogP contribution in [0.1, 0.15) is 25.1 Å². The quantitative estimate of drug-likeness (QED) is 0.126. The fourth-order valence-corrected chi connectivity index (χ4v) is 7.46. The van der Waals surface area contributed by atoms with Gasteiger partial charge in [0.25, 0.3) is 11.8 Å². The van der Waals surface area contributed by atoms with Crippen LogP contribution in [-0.2, 0) is 24.0 Å². The maximum atomic E-state index is 13.0. The zero-order valence-corrected chi connectivity index (χ0v) is 22.8. The van der Waals surface area contributed by atoms with Gasteiger partial charge >= 0.3 is 0 Å². The van der Waals surface area contributed by atoms with Crippen molar-refractivity contribution >= 4 is 57.8 Å². The summed E-state index contributed by atoms with van der Waals surface area (Å²) >= 11 is 2.21. The fraction of sp³-hybridized carbons (Fsp3) is 0.522. The van der Waals surface area contributed by atoms with E-state index in [1.807, 2.05) is 6.08 Å². The van der Waals surface area contributed by atoms with Gasteiger partial charge in [-0.25, -0.2) is 0 Å². The minimum atomic E-state index is -1.46. The number of hydrogen-bond acceptors (Lipinski definition) is 12. The predicted molar refractivity (Wildman–Crippen MR) is 139 cm³/mol. The first-order valence-electron chi connectivity index (χ1n) is 12.3. The maximum absolute atomic E-state index is 13.0. The first-order chi connectivity index (χ1) is 18.6. The van der Waals surface area contributed by atoms with Crippen LogP contribution < -0.4 is 21.9 Å². The van der Waals surface area contributed by atoms with Crippen molar-refractivity contribution in [2.24, 2.45) is 16.3 Å². The molecule has 5 aliphatic rings. The molecule has 4 saturated heterocycles. The molecule has 0 aromatic carbocycles. The van der Waals surface area contributed by atoms with Gasteiger partial charge in [-0.2, -0.15) is 9.36 Å². The van der Waals surface area contributed by atoms with E-state index < -0.39 is 29.2 Å². The van der Waals surface area contributed by atoms with Gasteiger partial charge in [0.05, 0.1) is 43.3 Å². The highest BCUT2D eigenvalue weighted by molar-refractivity contribution is 8.00. The molecule has 2 atom stereocenters. The van der Waals surface area contributed by atoms with Crippen LogP contribution in [0.4, 0.5) is 5.13 Å². The van der Waals surface area contributed by atoms with E-state index in [0.29, 0.717) is 17.9 Å². The van der Waals surface area contributed by atoms with Crippen LogP contribution in [0.15, 0.2) is 28.6 Å². The average Bonchev–Trinajstić information content (AvgIpc) is 3.36. The summed E-state index contributed by atoms with van der Waals surface area (Å²) in [6.07, 6.45) is 5.97. The number of anilines is 1. The number of fused-ring (bicyclic) bond motifs is 4. The van der Waals surface area contributed by atoms with Crippen molar-refractivity contribution in [3.63, 3.8) is 0 Å². The van der Waals surface area contributed by atoms with Gasteiger partial charge < -0.3 is 36.0 Å². The lowest BCUT2D eigenvalue weighted by Gasteiger charge is -2.53. The van der Waals surface area contributed by atoms with Crippen LogP contribution in [0.5, 0.6) is 0 Å². The molecular formula is C23H28N8O6S2. The number of carbonyl (C=O) groups is 4. The Hall–Kier alpha value is -3.50. The summed E-state index contributed by atoms with van der Waals surface area (Å²) < 4.78 is 4.78. The summed E-state index contributed by atoms with van der Waals surface area (Å²) in [5.41, 5.74) is 10.9. The minimum absolute atomic E-state index is 0.0476. The number of nitrogens with two attached hydrogens (primary N) is 2. The van der Waals surface area contributed by atoms with Crippen molar-refractivity contribution in [1.29, 1.82) is 0 Å². The van der Waals surface area contributed by atoms with Crippen LogP contribution in [0, 0.1) is 5.41 Å². The molecule has 1 aromatic rings. The number of β-lactam (4-membered cyclic amide) rings is 1. The second-order valence-corrected chi connectivity index (χ2v) is 12.0. The Balaban J connectivity index is 1.27. The number of thioether (sulfide) groups is 1. The van der Waals surface area contributed by atoms with Gasteiger partial charge in [0.1, 0.15) is 18.5 Å². The Morgan fingerprint density at radius 3 is 2.56 bits per heavy atom. The molecule has 0 radical (unpaired) electrons. The van der Waals surface area contributed by atoms with Gasteiger partial charge in [0, 0.05) is 36.5 Å². The van der Waals surface area contributed by atoms with Crippen LogP contribution in [0.2, 0.25) is 0 Å². The van der Waals surface area contributed by atoms with Crippen LogP contribution in [-0.4, -0.2) is 98.6 Å². The molecule has 1 aromatic heterocycles. The SMILES string of the molecule is CO/N=C(\C(=O)N[C@@H]1C(=O)N2C(C(=O)[O-])=C(/C=C/C[N+]34CCC(C(N)=O)(CC3)CC4)CS[C@@H]12)c1nsc(N)n1. The van der Waals surface area contributed by atoms with E-state index in [4.69, 9.17) is 16.3 Å². The number of oxime groups is 1. The number of nitrogen functional groups attached to an aromatic ring is 1. The molecule has 14 nitrogen and oxygen atoms in total. The highest BCUT2D eigenvalue weighted by Gasteiger charge is 2.54. The molecule has 208 valence electrons. The van der Waals surface area contributed by atoms with Gasteiger partial charge in [-0.1, -0.05) is 11.2 Å². The molecule has 3 amide bonds. The lowest BCUT2D eigenvalue weighted by Crippen LogP contribution is -2.71. The maximum Gasteiger partial charge on any atom is 0.278 e. The minimum Gasteiger partial charge on any atom is -0.543 e. The summed E-state index contributed by atoms with van der Waals surface area (Å²) in [6.45, 7) is 3.23. The summed E-state index contributed by atoms with van der Waals surface area (Å²) in [6, 6.07) is -0.981. The number of hydrogen-bond donors (Lipinski definition) is 3. The van der Waals surface area contributed by atoms with E-state index in [2.05, 4.69) is 19.8 Å². The van der Waals surface area contributed by atoms with Crippen molar-refractivity contribution in [2.75, 3.05) is 44.8 Å². The lowest BCUT2D eigenvalue weighted by molar-refractivity contribution is -0.939. The fourth-order valence-electron chi connectivity index (χ4n) is 5.70. The Morgan fingerprint density at radius 1 is 1.31 bits per heavy atom. The van der Waals surface area contributed by atoms with Gasteiger partial charge in [-0.15, -0.1) is 11.8 Å². The standard InChI is InChI=1S/C23H28N8O6S2/c1-37-28-13(16-27-22(25)39-29-16)17(32)26-14-18(33)30-15(20(34)35)12(11-38-19(14)30)3-2-7-31-8-4-23(5-9-31,6-10-31)21(24)36/h2-3,14,19H,4-11H2,1H3,(H5-,24,25,26,27,29,32,34,35,36)/b3-2+,28-13-/t14-,19+,23?,31?/m1/s1. The summed E-state index contributed by atoms with van der Waals surface area (Å²) in [7, 11) is 1.25. The second-order valence-electron chi connectivity index (χ2n) is 10.1. The van der Waals surface area contributed by atoms with E-state index in [0.717, 1.165) is 59.8 Å². The summed E-state index contributed by atoms with van der Waals surface area (Å²) in [4.78, 5) is 59.7. The number of rotatable bonds is 9. The Bertz CT molecular complexity index is 1300. The number of nitrogens with one attached hydrogen (secondary N) is 1. The Labute approximate surface area is 231 Å². The zero-order chi connectivity index (χ0) is 27.9. The number of aromatic nitrogens is 2. The third-order valence-electron chi connectivity index (χ3n) is 8.06. The number of carboxylic acid groups (broad SMARTS) is 1. The Morgan fingerprint density at radius 2 is 2.00 bits per heavy atom. The van der Waals surface area contributed by atoms with E-state index in [1.165, 1.54) is 18.9 Å². The van der Waals surface area contributed by atoms with Crippen molar-refractivity contribution in [3.05, 3.63) is 29.2 Å². The Kier molecular flexibility index (Phi) is 7.11. The smallest absolute Gasteiger partial charge is 0.278 e. The van der Waals surface area contributed by atoms with Gasteiger partial charge in [0.15, 0.2) is 5.13 Å². The lowest BCUT2D eigenvalue weighted by atomic mass is 9.70. The van der Waals surface area contributed by atoms with Crippen molar-refractivity contribution in [1.82, 2.24) is 19.6 Å². The first-order valence-corrected chi connectivity index (χ1v) is 14.1. The molecular weight excluding hydrogens is 548 g/mol. The van der Waals surface area contributed by atoms with Gasteiger partial charge in [0.2, 0.25) is 17.4 Å². The normalized spacial score (nSPS) is 30.2. The highest BCUT2D eigenvalue weighted by Crippen LogP contribution is 2.44. The van der Waals surface area contributed by atoms with E-state index in [-0.39, 0.29) is 33.7 Å². The first kappa shape index (κ1) is 27.1. The third kappa shape index (κ3) is 4.76. The number of primary amides is 1. The summed E-state index contributed by atoms with van der Waals surface area (Å²) in [5, 5.41) is 17.8. The van der Waals surface area contributed by atoms with E-state index >= 15 is 0 Å². The topological polar surface area (TPSA) is 206 Å². The molecule has 2 bridgehead atoms. The number of amides is 3. The van der Waals surface area contributed by atoms with E-state index in [9.17, 15) is 24.3 Å². The molecule has 4 fully saturated rings. The number of carbonyl (C=O) groups excluding carboxylic acids is 4. The molecule has 0 saturated carbocycles. The second kappa shape index (κ2) is 10.2. The van der Waals surface area contributed by atoms with E-state index in [1.54, 1.807) is 6.08 Å². The number of aliphatic carboxylic acids is 1.